The molecule has 1 aromatic rings. The number of nitrogens with one attached hydrogen (secondary N) is 2. The largest absolute Gasteiger partial charge is 0.355 e. The van der Waals surface area contributed by atoms with Crippen LogP contribution in [0.1, 0.15) is 42.6 Å². The topological polar surface area (TPSA) is 61.4 Å². The molecule has 1 aromatic carbocycles. The minimum atomic E-state index is -0.133. The van der Waals surface area contributed by atoms with E-state index < -0.39 is 0 Å². The highest BCUT2D eigenvalue weighted by Crippen LogP contribution is 2.31. The van der Waals surface area contributed by atoms with Crippen molar-refractivity contribution in [2.45, 2.75) is 39.3 Å². The van der Waals surface area contributed by atoms with Gasteiger partial charge in [0.15, 0.2) is 0 Å². The lowest BCUT2D eigenvalue weighted by Crippen LogP contribution is -2.55. The number of carbonyl (C=O) groups excluding carboxylic acids is 2. The highest BCUT2D eigenvalue weighted by molar-refractivity contribution is 5.93. The van der Waals surface area contributed by atoms with Gasteiger partial charge in [-0.1, -0.05) is 26.0 Å². The minimum absolute atomic E-state index is 0.0212. The number of likely N-dealkylation sites (N-methyl/N-ethyl adjacent to an activating group) is 1. The van der Waals surface area contributed by atoms with E-state index in [0.717, 1.165) is 24.9 Å². The normalized spacial score (nSPS) is 19.9. The van der Waals surface area contributed by atoms with Gasteiger partial charge in [0.05, 0.1) is 6.04 Å². The summed E-state index contributed by atoms with van der Waals surface area (Å²) in [5.41, 5.74) is 1.62. The number of benzene rings is 1. The summed E-state index contributed by atoms with van der Waals surface area (Å²) in [4.78, 5) is 26.1. The molecule has 2 amide bonds. The second-order valence-electron chi connectivity index (χ2n) is 6.95. The standard InChI is InChI=1S/C18H27N3O2/c1-18(2)10-5-11-20-15(18)17(23)21(4)12-13-6-8-14(9-7-13)16(22)19-3/h6-9,15,20H,5,10-12H2,1-4H3,(H,19,22). The number of hydrogen-bond donors (Lipinski definition) is 2. The summed E-state index contributed by atoms with van der Waals surface area (Å²) in [5.74, 6) is 0.0270. The number of nitrogens with zero attached hydrogens (tertiary/aromatic N) is 1. The van der Waals surface area contributed by atoms with Crippen LogP contribution in [0.15, 0.2) is 24.3 Å². The Balaban J connectivity index is 2.02. The molecule has 2 rings (SSSR count). The van der Waals surface area contributed by atoms with Crippen LogP contribution in [-0.2, 0) is 11.3 Å². The van der Waals surface area contributed by atoms with Crippen molar-refractivity contribution in [1.29, 1.82) is 0 Å². The van der Waals surface area contributed by atoms with Gasteiger partial charge >= 0.3 is 0 Å². The van der Waals surface area contributed by atoms with E-state index in [2.05, 4.69) is 24.5 Å². The molecular weight excluding hydrogens is 290 g/mol. The van der Waals surface area contributed by atoms with E-state index in [1.807, 2.05) is 19.2 Å². The van der Waals surface area contributed by atoms with E-state index >= 15 is 0 Å². The van der Waals surface area contributed by atoms with Gasteiger partial charge in [0, 0.05) is 26.2 Å². The van der Waals surface area contributed by atoms with Crippen molar-refractivity contribution in [3.63, 3.8) is 0 Å². The Morgan fingerprint density at radius 2 is 1.96 bits per heavy atom. The summed E-state index contributed by atoms with van der Waals surface area (Å²) in [5, 5.41) is 5.96. The van der Waals surface area contributed by atoms with Crippen LogP contribution >= 0.6 is 0 Å². The zero-order chi connectivity index (χ0) is 17.0. The lowest BCUT2D eigenvalue weighted by molar-refractivity contribution is -0.136. The summed E-state index contributed by atoms with van der Waals surface area (Å²) in [6.07, 6.45) is 2.17. The number of carbonyl (C=O) groups is 2. The fourth-order valence-electron chi connectivity index (χ4n) is 3.11. The molecule has 5 heteroatoms. The molecule has 1 fully saturated rings. The van der Waals surface area contributed by atoms with Gasteiger partial charge in [0.1, 0.15) is 0 Å². The molecule has 0 radical (unpaired) electrons. The Labute approximate surface area is 138 Å². The number of hydrogen-bond acceptors (Lipinski definition) is 3. The molecule has 126 valence electrons. The molecular formula is C18H27N3O2. The molecule has 1 heterocycles. The summed E-state index contributed by atoms with van der Waals surface area (Å²) in [6.45, 7) is 5.73. The molecule has 1 aliphatic heterocycles. The van der Waals surface area contributed by atoms with Crippen LogP contribution in [0.3, 0.4) is 0 Å². The van der Waals surface area contributed by atoms with Gasteiger partial charge in [-0.2, -0.15) is 0 Å². The molecule has 5 nitrogen and oxygen atoms in total. The third-order valence-corrected chi connectivity index (χ3v) is 4.61. The third kappa shape index (κ3) is 4.10. The average Bonchev–Trinajstić information content (AvgIpc) is 2.53. The van der Waals surface area contributed by atoms with Gasteiger partial charge in [-0.3, -0.25) is 9.59 Å². The van der Waals surface area contributed by atoms with Crippen LogP contribution in [0, 0.1) is 5.41 Å². The Morgan fingerprint density at radius 3 is 2.52 bits per heavy atom. The van der Waals surface area contributed by atoms with Crippen molar-refractivity contribution in [3.8, 4) is 0 Å². The van der Waals surface area contributed by atoms with Gasteiger partial charge in [0.25, 0.3) is 5.91 Å². The average molecular weight is 317 g/mol. The molecule has 0 saturated carbocycles. The van der Waals surface area contributed by atoms with E-state index in [4.69, 9.17) is 0 Å². The first-order valence-corrected chi connectivity index (χ1v) is 8.14. The number of rotatable bonds is 4. The predicted octanol–water partition coefficient (Wildman–Crippen LogP) is 1.78. The third-order valence-electron chi connectivity index (χ3n) is 4.61. The fourth-order valence-corrected chi connectivity index (χ4v) is 3.11. The lowest BCUT2D eigenvalue weighted by atomic mass is 9.77. The SMILES string of the molecule is CNC(=O)c1ccc(CN(C)C(=O)C2NCCCC2(C)C)cc1. The zero-order valence-electron chi connectivity index (χ0n) is 14.5. The van der Waals surface area contributed by atoms with Crippen LogP contribution in [0.5, 0.6) is 0 Å². The highest BCUT2D eigenvalue weighted by Gasteiger charge is 2.38. The van der Waals surface area contributed by atoms with Gasteiger partial charge in [-0.15, -0.1) is 0 Å². The lowest BCUT2D eigenvalue weighted by Gasteiger charge is -2.40. The van der Waals surface area contributed by atoms with E-state index in [9.17, 15) is 9.59 Å². The molecule has 2 N–H and O–H groups in total. The Bertz CT molecular complexity index is 566. The quantitative estimate of drug-likeness (QED) is 0.890. The van der Waals surface area contributed by atoms with Crippen LogP contribution in [-0.4, -0.2) is 43.4 Å². The predicted molar refractivity (Wildman–Crippen MR) is 91.1 cm³/mol. The Kier molecular flexibility index (Phi) is 5.42. The second kappa shape index (κ2) is 7.13. The molecule has 1 saturated heterocycles. The van der Waals surface area contributed by atoms with E-state index in [0.29, 0.717) is 12.1 Å². The molecule has 0 aromatic heterocycles. The Hall–Kier alpha value is -1.88. The maximum atomic E-state index is 12.7. The molecule has 0 aliphatic carbocycles. The fraction of sp³-hybridized carbons (Fsp3) is 0.556. The monoisotopic (exact) mass is 317 g/mol. The molecule has 0 bridgehead atoms. The Morgan fingerprint density at radius 1 is 1.30 bits per heavy atom. The zero-order valence-corrected chi connectivity index (χ0v) is 14.5. The smallest absolute Gasteiger partial charge is 0.251 e. The van der Waals surface area contributed by atoms with Crippen molar-refractivity contribution in [2.24, 2.45) is 5.41 Å². The molecule has 1 unspecified atom stereocenters. The summed E-state index contributed by atoms with van der Waals surface area (Å²) in [7, 11) is 3.45. The summed E-state index contributed by atoms with van der Waals surface area (Å²) < 4.78 is 0. The summed E-state index contributed by atoms with van der Waals surface area (Å²) >= 11 is 0. The van der Waals surface area contributed by atoms with Crippen LogP contribution in [0.2, 0.25) is 0 Å². The first-order chi connectivity index (χ1) is 10.8. The van der Waals surface area contributed by atoms with Gasteiger partial charge in [0.2, 0.25) is 5.91 Å². The summed E-state index contributed by atoms with van der Waals surface area (Å²) in [6, 6.07) is 7.23. The van der Waals surface area contributed by atoms with E-state index in [1.54, 1.807) is 24.1 Å². The minimum Gasteiger partial charge on any atom is -0.355 e. The molecule has 1 atom stereocenters. The van der Waals surface area contributed by atoms with Crippen LogP contribution in [0.25, 0.3) is 0 Å². The van der Waals surface area contributed by atoms with Gasteiger partial charge in [-0.05, 0) is 42.5 Å². The van der Waals surface area contributed by atoms with Crippen LogP contribution in [0.4, 0.5) is 0 Å². The van der Waals surface area contributed by atoms with Gasteiger partial charge < -0.3 is 15.5 Å². The first-order valence-electron chi connectivity index (χ1n) is 8.14. The molecule has 1 aliphatic rings. The van der Waals surface area contributed by atoms with E-state index in [1.165, 1.54) is 0 Å². The molecule has 23 heavy (non-hydrogen) atoms. The maximum absolute atomic E-state index is 12.7. The second-order valence-corrected chi connectivity index (χ2v) is 6.95. The number of amides is 2. The molecule has 0 spiro atoms. The van der Waals surface area contributed by atoms with Crippen molar-refractivity contribution in [2.75, 3.05) is 20.6 Å². The number of piperidine rings is 1. The van der Waals surface area contributed by atoms with E-state index in [-0.39, 0.29) is 23.3 Å². The highest BCUT2D eigenvalue weighted by atomic mass is 16.2. The van der Waals surface area contributed by atoms with Crippen molar-refractivity contribution in [1.82, 2.24) is 15.5 Å². The van der Waals surface area contributed by atoms with Gasteiger partial charge in [-0.25, -0.2) is 0 Å². The van der Waals surface area contributed by atoms with Crippen LogP contribution < -0.4 is 10.6 Å². The van der Waals surface area contributed by atoms with Crippen molar-refractivity contribution >= 4 is 11.8 Å². The van der Waals surface area contributed by atoms with Crippen molar-refractivity contribution < 1.29 is 9.59 Å². The first kappa shape index (κ1) is 17.5. The van der Waals surface area contributed by atoms with Crippen molar-refractivity contribution in [3.05, 3.63) is 35.4 Å². The maximum Gasteiger partial charge on any atom is 0.251 e.